The lowest BCUT2D eigenvalue weighted by molar-refractivity contribution is -0.131. The first-order valence-electron chi connectivity index (χ1n) is 9.16. The molecule has 1 saturated heterocycles. The van der Waals surface area contributed by atoms with Crippen LogP contribution in [0.1, 0.15) is 56.2 Å². The number of hydrogen-bond acceptors (Lipinski definition) is 4. The summed E-state index contributed by atoms with van der Waals surface area (Å²) in [5.41, 5.74) is 2.50. The molecule has 0 aromatic carbocycles. The average molecular weight is 314 g/mol. The predicted molar refractivity (Wildman–Crippen MR) is 89.2 cm³/mol. The number of anilines is 1. The Morgan fingerprint density at radius 2 is 2.04 bits per heavy atom. The molecule has 5 nitrogen and oxygen atoms in total. The number of rotatable bonds is 4. The lowest BCUT2D eigenvalue weighted by Crippen LogP contribution is -2.32. The molecule has 4 rings (SSSR count). The first-order chi connectivity index (χ1) is 11.3. The number of carbonyl (C=O) groups excluding carboxylic acids is 1. The topological polar surface area (TPSA) is 58.1 Å². The van der Waals surface area contributed by atoms with Crippen molar-refractivity contribution in [3.63, 3.8) is 0 Å². The number of likely N-dealkylation sites (tertiary alicyclic amines) is 1. The van der Waals surface area contributed by atoms with Crippen LogP contribution >= 0.6 is 0 Å². The molecule has 1 amide bonds. The van der Waals surface area contributed by atoms with E-state index < -0.39 is 0 Å². The van der Waals surface area contributed by atoms with Gasteiger partial charge in [0.15, 0.2) is 0 Å². The molecule has 1 aromatic heterocycles. The van der Waals surface area contributed by atoms with Gasteiger partial charge in [0.25, 0.3) is 0 Å². The number of nitrogens with zero attached hydrogens (tertiary/aromatic N) is 3. The summed E-state index contributed by atoms with van der Waals surface area (Å²) in [5.74, 6) is 2.00. The minimum atomic E-state index is 0.335. The average Bonchev–Trinajstić information content (AvgIpc) is 3.28. The largest absolute Gasteiger partial charge is 0.365 e. The van der Waals surface area contributed by atoms with Gasteiger partial charge in [0.05, 0.1) is 0 Å². The second kappa shape index (κ2) is 6.46. The summed E-state index contributed by atoms with van der Waals surface area (Å²) in [6, 6.07) is 0.335. The van der Waals surface area contributed by atoms with Crippen LogP contribution in [0.25, 0.3) is 0 Å². The number of nitrogens with one attached hydrogen (secondary N) is 1. The normalized spacial score (nSPS) is 24.2. The molecular formula is C18H26N4O. The monoisotopic (exact) mass is 314 g/mol. The fourth-order valence-corrected chi connectivity index (χ4v) is 4.37. The smallest absolute Gasteiger partial charge is 0.222 e. The van der Waals surface area contributed by atoms with Gasteiger partial charge in [0.1, 0.15) is 12.1 Å². The van der Waals surface area contributed by atoms with Crippen LogP contribution in [-0.4, -0.2) is 39.9 Å². The van der Waals surface area contributed by atoms with Crippen molar-refractivity contribution in [2.75, 3.05) is 18.4 Å². The van der Waals surface area contributed by atoms with E-state index in [0.717, 1.165) is 44.6 Å². The van der Waals surface area contributed by atoms with Gasteiger partial charge in [-0.2, -0.15) is 0 Å². The zero-order valence-corrected chi connectivity index (χ0v) is 13.8. The molecule has 0 bridgehead atoms. The van der Waals surface area contributed by atoms with E-state index in [1.165, 1.54) is 43.4 Å². The first-order valence-corrected chi connectivity index (χ1v) is 9.16. The molecule has 1 N–H and O–H groups in total. The van der Waals surface area contributed by atoms with Crippen LogP contribution in [-0.2, 0) is 17.6 Å². The zero-order chi connectivity index (χ0) is 15.6. The first kappa shape index (κ1) is 14.9. The molecule has 0 radical (unpaired) electrons. The minimum Gasteiger partial charge on any atom is -0.365 e. The molecule has 1 aromatic rings. The highest BCUT2D eigenvalue weighted by atomic mass is 16.2. The number of aromatic nitrogens is 2. The van der Waals surface area contributed by atoms with Gasteiger partial charge in [-0.25, -0.2) is 9.97 Å². The second-order valence-corrected chi connectivity index (χ2v) is 7.33. The molecule has 2 aliphatic carbocycles. The fourth-order valence-electron chi connectivity index (χ4n) is 4.37. The van der Waals surface area contributed by atoms with Gasteiger partial charge in [-0.3, -0.25) is 4.79 Å². The van der Waals surface area contributed by atoms with E-state index in [1.54, 1.807) is 6.33 Å². The molecule has 3 aliphatic rings. The van der Waals surface area contributed by atoms with E-state index in [0.29, 0.717) is 17.9 Å². The Hall–Kier alpha value is -1.65. The number of aryl methyl sites for hydroxylation is 1. The van der Waals surface area contributed by atoms with Gasteiger partial charge in [0, 0.05) is 36.8 Å². The van der Waals surface area contributed by atoms with E-state index >= 15 is 0 Å². The third-order valence-electron chi connectivity index (χ3n) is 5.69. The number of hydrogen-bond donors (Lipinski definition) is 1. The van der Waals surface area contributed by atoms with Crippen molar-refractivity contribution in [1.82, 2.24) is 14.9 Å². The number of amides is 1. The van der Waals surface area contributed by atoms with Crippen LogP contribution in [0.3, 0.4) is 0 Å². The molecule has 1 saturated carbocycles. The Kier molecular flexibility index (Phi) is 4.19. The summed E-state index contributed by atoms with van der Waals surface area (Å²) in [4.78, 5) is 23.3. The molecule has 2 heterocycles. The highest BCUT2D eigenvalue weighted by Crippen LogP contribution is 2.29. The minimum absolute atomic E-state index is 0.335. The van der Waals surface area contributed by atoms with Crippen molar-refractivity contribution in [2.45, 2.75) is 63.8 Å². The van der Waals surface area contributed by atoms with Crippen LogP contribution in [0.2, 0.25) is 0 Å². The maximum Gasteiger partial charge on any atom is 0.222 e. The Labute approximate surface area is 137 Å². The Bertz CT molecular complexity index is 582. The van der Waals surface area contributed by atoms with Gasteiger partial charge in [-0.1, -0.05) is 12.8 Å². The van der Waals surface area contributed by atoms with Crippen molar-refractivity contribution in [3.8, 4) is 0 Å². The SMILES string of the molecule is O=C(CC1CCCC1)N1CC[C@@H](Nc2ncnc3c2CCC3)C1. The van der Waals surface area contributed by atoms with Crippen LogP contribution in [0, 0.1) is 5.92 Å². The molecule has 0 unspecified atom stereocenters. The van der Waals surface area contributed by atoms with E-state index in [-0.39, 0.29) is 0 Å². The van der Waals surface area contributed by atoms with Gasteiger partial charge in [-0.15, -0.1) is 0 Å². The Morgan fingerprint density at radius 3 is 2.91 bits per heavy atom. The molecule has 23 heavy (non-hydrogen) atoms. The Morgan fingerprint density at radius 1 is 1.17 bits per heavy atom. The van der Waals surface area contributed by atoms with Crippen molar-refractivity contribution in [1.29, 1.82) is 0 Å². The highest BCUT2D eigenvalue weighted by molar-refractivity contribution is 5.77. The van der Waals surface area contributed by atoms with Crippen molar-refractivity contribution in [2.24, 2.45) is 5.92 Å². The lowest BCUT2D eigenvalue weighted by Gasteiger charge is -2.20. The summed E-state index contributed by atoms with van der Waals surface area (Å²) < 4.78 is 0. The third kappa shape index (κ3) is 3.19. The zero-order valence-electron chi connectivity index (χ0n) is 13.8. The summed E-state index contributed by atoms with van der Waals surface area (Å²) >= 11 is 0. The maximum atomic E-state index is 12.5. The predicted octanol–water partition coefficient (Wildman–Crippen LogP) is 2.56. The van der Waals surface area contributed by atoms with E-state index in [1.807, 2.05) is 0 Å². The van der Waals surface area contributed by atoms with Crippen LogP contribution in [0.15, 0.2) is 6.33 Å². The molecule has 1 aliphatic heterocycles. The molecule has 5 heteroatoms. The fraction of sp³-hybridized carbons (Fsp3) is 0.722. The Balaban J connectivity index is 1.34. The lowest BCUT2D eigenvalue weighted by atomic mass is 10.0. The van der Waals surface area contributed by atoms with E-state index in [9.17, 15) is 4.79 Å². The molecular weight excluding hydrogens is 288 g/mol. The van der Waals surface area contributed by atoms with Crippen molar-refractivity contribution >= 4 is 11.7 Å². The molecule has 124 valence electrons. The van der Waals surface area contributed by atoms with E-state index in [4.69, 9.17) is 0 Å². The summed E-state index contributed by atoms with van der Waals surface area (Å²) in [6.07, 6.45) is 11.9. The molecule has 1 atom stereocenters. The third-order valence-corrected chi connectivity index (χ3v) is 5.69. The summed E-state index contributed by atoms with van der Waals surface area (Å²) in [7, 11) is 0. The molecule has 2 fully saturated rings. The van der Waals surface area contributed by atoms with Gasteiger partial charge in [-0.05, 0) is 44.4 Å². The standard InChI is InChI=1S/C18H26N4O/c23-17(10-13-4-1-2-5-13)22-9-8-14(11-22)21-18-15-6-3-7-16(15)19-12-20-18/h12-14H,1-11H2,(H,19,20,21)/t14-/m1/s1. The van der Waals surface area contributed by atoms with Crippen LogP contribution in [0.4, 0.5) is 5.82 Å². The number of fused-ring (bicyclic) bond motifs is 1. The van der Waals surface area contributed by atoms with Crippen molar-refractivity contribution < 1.29 is 4.79 Å². The molecule has 0 spiro atoms. The van der Waals surface area contributed by atoms with Gasteiger partial charge >= 0.3 is 0 Å². The van der Waals surface area contributed by atoms with Crippen molar-refractivity contribution in [3.05, 3.63) is 17.6 Å². The van der Waals surface area contributed by atoms with E-state index in [2.05, 4.69) is 20.2 Å². The van der Waals surface area contributed by atoms with Crippen LogP contribution in [0.5, 0.6) is 0 Å². The quantitative estimate of drug-likeness (QED) is 0.928. The van der Waals surface area contributed by atoms with Gasteiger partial charge < -0.3 is 10.2 Å². The highest BCUT2D eigenvalue weighted by Gasteiger charge is 2.29. The summed E-state index contributed by atoms with van der Waals surface area (Å²) in [6.45, 7) is 1.71. The second-order valence-electron chi connectivity index (χ2n) is 7.33. The maximum absolute atomic E-state index is 12.5. The number of carbonyl (C=O) groups is 1. The van der Waals surface area contributed by atoms with Gasteiger partial charge in [0.2, 0.25) is 5.91 Å². The summed E-state index contributed by atoms with van der Waals surface area (Å²) in [5, 5.41) is 3.57. The van der Waals surface area contributed by atoms with Crippen LogP contribution < -0.4 is 5.32 Å².